The lowest BCUT2D eigenvalue weighted by Gasteiger charge is -2.19. The number of rotatable bonds is 5. The van der Waals surface area contributed by atoms with Gasteiger partial charge in [0.2, 0.25) is 0 Å². The summed E-state index contributed by atoms with van der Waals surface area (Å²) in [6.45, 7) is 1.87. The Morgan fingerprint density at radius 2 is 2.00 bits per heavy atom. The van der Waals surface area contributed by atoms with Crippen LogP contribution in [0, 0.1) is 5.92 Å². The third kappa shape index (κ3) is 6.31. The van der Waals surface area contributed by atoms with Gasteiger partial charge in [0.1, 0.15) is 0 Å². The molecule has 0 saturated heterocycles. The summed E-state index contributed by atoms with van der Waals surface area (Å²) in [4.78, 5) is -3.08. The maximum atomic E-state index is 12.4. The lowest BCUT2D eigenvalue weighted by atomic mass is 10.0. The molecule has 0 amide bonds. The molecule has 0 radical (unpaired) electrons. The smallest absolute Gasteiger partial charge is 0.302 e. The van der Waals surface area contributed by atoms with Crippen molar-refractivity contribution in [2.24, 2.45) is 5.92 Å². The van der Waals surface area contributed by atoms with Crippen molar-refractivity contribution in [3.05, 3.63) is 0 Å². The second-order valence-corrected chi connectivity index (χ2v) is 5.16. The average Bonchev–Trinajstić information content (AvgIpc) is 1.84. The van der Waals surface area contributed by atoms with E-state index in [1.807, 2.05) is 6.92 Å². The van der Waals surface area contributed by atoms with Gasteiger partial charge >= 0.3 is 4.83 Å². The van der Waals surface area contributed by atoms with E-state index in [1.165, 1.54) is 0 Å². The Morgan fingerprint density at radius 1 is 1.50 bits per heavy atom. The zero-order valence-electron chi connectivity index (χ0n) is 6.74. The maximum absolute atomic E-state index is 12.4. The monoisotopic (exact) mass is 308 g/mol. The van der Waals surface area contributed by atoms with Gasteiger partial charge in [-0.05, 0) is 28.3 Å². The Balaban J connectivity index is 3.78. The van der Waals surface area contributed by atoms with E-state index in [1.54, 1.807) is 0 Å². The van der Waals surface area contributed by atoms with Crippen LogP contribution in [0.1, 0.15) is 19.8 Å². The van der Waals surface area contributed by atoms with Crippen LogP contribution in [-0.4, -0.2) is 21.4 Å². The third-order valence-corrected chi connectivity index (χ3v) is 3.18. The molecule has 0 aliphatic rings. The molecule has 0 heterocycles. The Hall–Kier alpha value is 0.780. The van der Waals surface area contributed by atoms with Crippen molar-refractivity contribution in [2.75, 3.05) is 6.61 Å². The van der Waals surface area contributed by atoms with Crippen LogP contribution < -0.4 is 0 Å². The summed E-state index contributed by atoms with van der Waals surface area (Å²) >= 11 is 5.43. The Bertz CT molecular complexity index is 127. The van der Waals surface area contributed by atoms with Crippen LogP contribution >= 0.6 is 31.9 Å². The van der Waals surface area contributed by atoms with Crippen molar-refractivity contribution in [1.82, 2.24) is 0 Å². The van der Waals surface area contributed by atoms with Crippen molar-refractivity contribution >= 4 is 31.9 Å². The lowest BCUT2D eigenvalue weighted by Crippen LogP contribution is -2.20. The molecule has 0 aromatic rings. The topological polar surface area (TPSA) is 20.2 Å². The highest BCUT2D eigenvalue weighted by Gasteiger charge is 2.29. The molecule has 0 aromatic carbocycles. The van der Waals surface area contributed by atoms with Crippen molar-refractivity contribution < 1.29 is 13.9 Å². The first kappa shape index (κ1) is 12.8. The van der Waals surface area contributed by atoms with Gasteiger partial charge < -0.3 is 5.11 Å². The Labute approximate surface area is 87.8 Å². The summed E-state index contributed by atoms with van der Waals surface area (Å²) < 4.78 is 24.8. The van der Waals surface area contributed by atoms with E-state index in [0.717, 1.165) is 0 Å². The van der Waals surface area contributed by atoms with Gasteiger partial charge in [0, 0.05) is 17.9 Å². The molecule has 0 aliphatic heterocycles. The third-order valence-electron chi connectivity index (χ3n) is 1.63. The molecule has 2 unspecified atom stereocenters. The predicted molar refractivity (Wildman–Crippen MR) is 52.1 cm³/mol. The van der Waals surface area contributed by atoms with Crippen molar-refractivity contribution in [3.8, 4) is 0 Å². The van der Waals surface area contributed by atoms with Gasteiger partial charge in [-0.3, -0.25) is 0 Å². The fraction of sp³-hybridized carbons (Fsp3) is 1.00. The molecular weight excluding hydrogens is 298 g/mol. The van der Waals surface area contributed by atoms with Crippen molar-refractivity contribution in [2.45, 2.75) is 29.4 Å². The van der Waals surface area contributed by atoms with E-state index >= 15 is 0 Å². The fourth-order valence-corrected chi connectivity index (χ4v) is 2.26. The van der Waals surface area contributed by atoms with E-state index in [0.29, 0.717) is 6.42 Å². The quantitative estimate of drug-likeness (QED) is 0.774. The van der Waals surface area contributed by atoms with Crippen LogP contribution in [0.2, 0.25) is 0 Å². The molecule has 0 bridgehead atoms. The SMILES string of the molecule is CC(CCO)C(Br)CC(F)(F)Br. The van der Waals surface area contributed by atoms with Gasteiger partial charge in [-0.1, -0.05) is 22.9 Å². The largest absolute Gasteiger partial charge is 0.396 e. The second-order valence-electron chi connectivity index (χ2n) is 2.82. The normalized spacial score (nSPS) is 17.5. The van der Waals surface area contributed by atoms with Crippen LogP contribution in [0.3, 0.4) is 0 Å². The average molecular weight is 310 g/mol. The molecule has 1 nitrogen and oxygen atoms in total. The van der Waals surface area contributed by atoms with E-state index in [4.69, 9.17) is 5.11 Å². The molecule has 0 saturated carbocycles. The molecule has 12 heavy (non-hydrogen) atoms. The first-order valence-corrected chi connectivity index (χ1v) is 5.39. The van der Waals surface area contributed by atoms with Crippen molar-refractivity contribution in [3.63, 3.8) is 0 Å². The van der Waals surface area contributed by atoms with Crippen LogP contribution in [0.4, 0.5) is 8.78 Å². The molecule has 74 valence electrons. The maximum Gasteiger partial charge on any atom is 0.302 e. The number of hydrogen-bond acceptors (Lipinski definition) is 1. The Kier molecular flexibility index (Phi) is 5.85. The number of aliphatic hydroxyl groups excluding tert-OH is 1. The minimum absolute atomic E-state index is 0.0388. The standard InChI is InChI=1S/C7H12Br2F2O/c1-5(2-3-12)6(8)4-7(9,10)11/h5-6,12H,2-4H2,1H3. The molecule has 0 rings (SSSR count). The molecule has 5 heteroatoms. The molecule has 2 atom stereocenters. The highest BCUT2D eigenvalue weighted by molar-refractivity contribution is 9.10. The predicted octanol–water partition coefficient (Wildman–Crippen LogP) is 3.15. The van der Waals surface area contributed by atoms with E-state index in [-0.39, 0.29) is 23.8 Å². The summed E-state index contributed by atoms with van der Waals surface area (Å²) in [5, 5.41) is 8.56. The van der Waals surface area contributed by atoms with E-state index in [9.17, 15) is 8.78 Å². The minimum Gasteiger partial charge on any atom is -0.396 e. The number of alkyl halides is 4. The first-order chi connectivity index (χ1) is 5.37. The van der Waals surface area contributed by atoms with Gasteiger partial charge in [0.25, 0.3) is 0 Å². The van der Waals surface area contributed by atoms with Crippen LogP contribution in [-0.2, 0) is 0 Å². The second kappa shape index (κ2) is 5.50. The lowest BCUT2D eigenvalue weighted by molar-refractivity contribution is 0.0976. The minimum atomic E-state index is -2.81. The van der Waals surface area contributed by atoms with Crippen LogP contribution in [0.25, 0.3) is 0 Å². The molecular formula is C7H12Br2F2O. The number of halogens is 4. The van der Waals surface area contributed by atoms with Crippen molar-refractivity contribution in [1.29, 1.82) is 0 Å². The molecule has 0 aromatic heterocycles. The highest BCUT2D eigenvalue weighted by atomic mass is 79.9. The summed E-state index contributed by atoms with van der Waals surface area (Å²) in [7, 11) is 0. The van der Waals surface area contributed by atoms with Crippen LogP contribution in [0.15, 0.2) is 0 Å². The molecule has 0 aliphatic carbocycles. The number of hydrogen-bond donors (Lipinski definition) is 1. The van der Waals surface area contributed by atoms with E-state index in [2.05, 4.69) is 31.9 Å². The van der Waals surface area contributed by atoms with E-state index < -0.39 is 4.83 Å². The highest BCUT2D eigenvalue weighted by Crippen LogP contribution is 2.33. The summed E-state index contributed by atoms with van der Waals surface area (Å²) in [6, 6.07) is 0. The molecule has 0 fully saturated rings. The van der Waals surface area contributed by atoms with Gasteiger partial charge in [0.15, 0.2) is 0 Å². The molecule has 0 spiro atoms. The van der Waals surface area contributed by atoms with Gasteiger partial charge in [0.05, 0.1) is 0 Å². The Morgan fingerprint density at radius 3 is 2.33 bits per heavy atom. The fourth-order valence-electron chi connectivity index (χ4n) is 0.807. The number of aliphatic hydroxyl groups is 1. The zero-order chi connectivity index (χ0) is 9.78. The van der Waals surface area contributed by atoms with Gasteiger partial charge in [-0.25, -0.2) is 0 Å². The van der Waals surface area contributed by atoms with Crippen LogP contribution in [0.5, 0.6) is 0 Å². The summed E-state index contributed by atoms with van der Waals surface area (Å²) in [5.41, 5.74) is 0. The zero-order valence-corrected chi connectivity index (χ0v) is 9.91. The first-order valence-electron chi connectivity index (χ1n) is 3.68. The molecule has 1 N–H and O–H groups in total. The van der Waals surface area contributed by atoms with Gasteiger partial charge in [-0.15, -0.1) is 0 Å². The van der Waals surface area contributed by atoms with Gasteiger partial charge in [-0.2, -0.15) is 8.78 Å². The summed E-state index contributed by atoms with van der Waals surface area (Å²) in [6.07, 6.45) is 0.285. The summed E-state index contributed by atoms with van der Waals surface area (Å²) in [5.74, 6) is 0.0541.